The largest absolute Gasteiger partial charge is 0.311 e. The first-order chi connectivity index (χ1) is 9.54. The van der Waals surface area contributed by atoms with Gasteiger partial charge in [0.25, 0.3) is 0 Å². The Bertz CT molecular complexity index is 575. The summed E-state index contributed by atoms with van der Waals surface area (Å²) in [4.78, 5) is 12.0. The Kier molecular flexibility index (Phi) is 4.95. The number of nitrogens with one attached hydrogen (secondary N) is 1. The predicted octanol–water partition coefficient (Wildman–Crippen LogP) is 3.48. The van der Waals surface area contributed by atoms with Crippen molar-refractivity contribution < 1.29 is 4.79 Å². The van der Waals surface area contributed by atoms with Crippen LogP contribution in [0.4, 0.5) is 5.82 Å². The van der Waals surface area contributed by atoms with Crippen LogP contribution in [0.25, 0.3) is 0 Å². The Morgan fingerprint density at radius 3 is 2.65 bits per heavy atom. The van der Waals surface area contributed by atoms with Gasteiger partial charge in [-0.3, -0.25) is 4.79 Å². The van der Waals surface area contributed by atoms with E-state index in [1.54, 1.807) is 6.20 Å². The summed E-state index contributed by atoms with van der Waals surface area (Å²) in [5.41, 5.74) is 0.987. The van der Waals surface area contributed by atoms with Gasteiger partial charge in [-0.1, -0.05) is 41.9 Å². The molecular weight excluding hydrogens is 318 g/mol. The van der Waals surface area contributed by atoms with Gasteiger partial charge in [0, 0.05) is 17.1 Å². The summed E-state index contributed by atoms with van der Waals surface area (Å²) in [6.45, 7) is 5.03. The zero-order chi connectivity index (χ0) is 14.5. The quantitative estimate of drug-likeness (QED) is 0.909. The maximum atomic E-state index is 12.0. The fourth-order valence-electron chi connectivity index (χ4n) is 1.90. The maximum absolute atomic E-state index is 12.0. The highest BCUT2D eigenvalue weighted by Gasteiger charge is 2.09. The van der Waals surface area contributed by atoms with Crippen molar-refractivity contribution >= 4 is 27.7 Å². The van der Waals surface area contributed by atoms with E-state index >= 15 is 0 Å². The summed E-state index contributed by atoms with van der Waals surface area (Å²) < 4.78 is 2.83. The van der Waals surface area contributed by atoms with Crippen LogP contribution in [-0.2, 0) is 17.8 Å². The lowest BCUT2D eigenvalue weighted by atomic mass is 10.1. The molecule has 20 heavy (non-hydrogen) atoms. The summed E-state index contributed by atoms with van der Waals surface area (Å²) in [6, 6.07) is 9.57. The number of anilines is 1. The van der Waals surface area contributed by atoms with E-state index in [2.05, 4.69) is 40.2 Å². The number of nitrogens with zero attached hydrogens (tertiary/aromatic N) is 2. The van der Waals surface area contributed by atoms with Gasteiger partial charge in [-0.15, -0.1) is 0 Å². The van der Waals surface area contributed by atoms with Gasteiger partial charge >= 0.3 is 0 Å². The van der Waals surface area contributed by atoms with Crippen molar-refractivity contribution in [1.29, 1.82) is 0 Å². The Morgan fingerprint density at radius 2 is 2.00 bits per heavy atom. The fraction of sp³-hybridized carbons (Fsp3) is 0.333. The highest BCUT2D eigenvalue weighted by atomic mass is 79.9. The summed E-state index contributed by atoms with van der Waals surface area (Å²) in [5.74, 6) is 1.20. The molecule has 106 valence electrons. The van der Waals surface area contributed by atoms with Gasteiger partial charge in [0.05, 0.1) is 12.6 Å². The standard InChI is InChI=1S/C15H18BrN3O/c1-11(2)10-19-14(7-8-17-19)18-15(20)9-12-3-5-13(16)6-4-12/h3-8,11H,9-10H2,1-2H3,(H,18,20). The third-order valence-electron chi connectivity index (χ3n) is 2.80. The SMILES string of the molecule is CC(C)Cn1nccc1NC(=O)Cc1ccc(Br)cc1. The van der Waals surface area contributed by atoms with Gasteiger partial charge in [0.2, 0.25) is 5.91 Å². The van der Waals surface area contributed by atoms with E-state index in [0.717, 1.165) is 22.4 Å². The van der Waals surface area contributed by atoms with Crippen molar-refractivity contribution in [2.24, 2.45) is 5.92 Å². The van der Waals surface area contributed by atoms with Gasteiger partial charge < -0.3 is 5.32 Å². The van der Waals surface area contributed by atoms with E-state index < -0.39 is 0 Å². The number of aromatic nitrogens is 2. The average molecular weight is 336 g/mol. The molecule has 0 radical (unpaired) electrons. The molecule has 0 fully saturated rings. The molecule has 1 heterocycles. The number of rotatable bonds is 5. The molecule has 0 aliphatic heterocycles. The van der Waals surface area contributed by atoms with Crippen LogP contribution in [0.2, 0.25) is 0 Å². The zero-order valence-corrected chi connectivity index (χ0v) is 13.2. The highest BCUT2D eigenvalue weighted by Crippen LogP contribution is 2.13. The second-order valence-electron chi connectivity index (χ2n) is 5.14. The second kappa shape index (κ2) is 6.70. The number of benzene rings is 1. The number of hydrogen-bond donors (Lipinski definition) is 1. The minimum atomic E-state index is -0.0298. The monoisotopic (exact) mass is 335 g/mol. The van der Waals surface area contributed by atoms with Crippen molar-refractivity contribution in [2.75, 3.05) is 5.32 Å². The van der Waals surface area contributed by atoms with Crippen LogP contribution in [0.1, 0.15) is 19.4 Å². The summed E-state index contributed by atoms with van der Waals surface area (Å²) in [7, 11) is 0. The number of carbonyl (C=O) groups is 1. The molecular formula is C15H18BrN3O. The van der Waals surface area contributed by atoms with Gasteiger partial charge in [-0.25, -0.2) is 4.68 Å². The molecule has 1 aromatic carbocycles. The number of amides is 1. The van der Waals surface area contributed by atoms with E-state index in [1.807, 2.05) is 35.0 Å². The lowest BCUT2D eigenvalue weighted by Crippen LogP contribution is -2.18. The van der Waals surface area contributed by atoms with Gasteiger partial charge in [-0.05, 0) is 23.6 Å². The molecule has 0 bridgehead atoms. The van der Waals surface area contributed by atoms with Crippen LogP contribution in [0.3, 0.4) is 0 Å². The van der Waals surface area contributed by atoms with Gasteiger partial charge in [0.1, 0.15) is 5.82 Å². The molecule has 0 aliphatic carbocycles. The molecule has 1 aromatic heterocycles. The van der Waals surface area contributed by atoms with Gasteiger partial charge in [0.15, 0.2) is 0 Å². The highest BCUT2D eigenvalue weighted by molar-refractivity contribution is 9.10. The van der Waals surface area contributed by atoms with Crippen molar-refractivity contribution in [2.45, 2.75) is 26.8 Å². The minimum Gasteiger partial charge on any atom is -0.311 e. The predicted molar refractivity (Wildman–Crippen MR) is 83.5 cm³/mol. The molecule has 1 N–H and O–H groups in total. The lowest BCUT2D eigenvalue weighted by Gasteiger charge is -2.11. The third-order valence-corrected chi connectivity index (χ3v) is 3.33. The smallest absolute Gasteiger partial charge is 0.229 e. The third kappa shape index (κ3) is 4.20. The molecule has 4 nitrogen and oxygen atoms in total. The molecule has 0 aliphatic rings. The molecule has 0 atom stereocenters. The van der Waals surface area contributed by atoms with E-state index in [-0.39, 0.29) is 5.91 Å². The number of carbonyl (C=O) groups excluding carboxylic acids is 1. The van der Waals surface area contributed by atoms with E-state index in [9.17, 15) is 4.79 Å². The molecule has 2 aromatic rings. The normalized spacial score (nSPS) is 10.8. The molecule has 5 heteroatoms. The van der Waals surface area contributed by atoms with Crippen LogP contribution >= 0.6 is 15.9 Å². The first-order valence-corrected chi connectivity index (χ1v) is 7.40. The molecule has 2 rings (SSSR count). The Hall–Kier alpha value is -1.62. The topological polar surface area (TPSA) is 46.9 Å². The van der Waals surface area contributed by atoms with Crippen molar-refractivity contribution in [1.82, 2.24) is 9.78 Å². The van der Waals surface area contributed by atoms with Crippen molar-refractivity contribution in [3.8, 4) is 0 Å². The first-order valence-electron chi connectivity index (χ1n) is 6.60. The van der Waals surface area contributed by atoms with Gasteiger partial charge in [-0.2, -0.15) is 5.10 Å². The summed E-state index contributed by atoms with van der Waals surface area (Å²) in [5, 5.41) is 7.13. The molecule has 0 saturated carbocycles. The minimum absolute atomic E-state index is 0.0298. The van der Waals surface area contributed by atoms with E-state index in [4.69, 9.17) is 0 Å². The van der Waals surface area contributed by atoms with Crippen molar-refractivity contribution in [3.05, 3.63) is 46.6 Å². The van der Waals surface area contributed by atoms with E-state index in [1.165, 1.54) is 0 Å². The number of hydrogen-bond acceptors (Lipinski definition) is 2. The number of halogens is 1. The lowest BCUT2D eigenvalue weighted by molar-refractivity contribution is -0.115. The molecule has 0 unspecified atom stereocenters. The Morgan fingerprint density at radius 1 is 1.30 bits per heavy atom. The first kappa shape index (κ1) is 14.8. The molecule has 0 spiro atoms. The second-order valence-corrected chi connectivity index (χ2v) is 6.06. The van der Waals surface area contributed by atoms with Crippen LogP contribution in [0.5, 0.6) is 0 Å². The van der Waals surface area contributed by atoms with Crippen LogP contribution < -0.4 is 5.32 Å². The summed E-state index contributed by atoms with van der Waals surface area (Å²) >= 11 is 3.38. The maximum Gasteiger partial charge on any atom is 0.229 e. The van der Waals surface area contributed by atoms with Crippen LogP contribution in [-0.4, -0.2) is 15.7 Å². The van der Waals surface area contributed by atoms with Crippen LogP contribution in [0.15, 0.2) is 41.0 Å². The zero-order valence-electron chi connectivity index (χ0n) is 11.6. The Labute approximate surface area is 127 Å². The fourth-order valence-corrected chi connectivity index (χ4v) is 2.17. The molecule has 1 amide bonds. The Balaban J connectivity index is 1.98. The molecule has 0 saturated heterocycles. The average Bonchev–Trinajstić information content (AvgIpc) is 2.78. The van der Waals surface area contributed by atoms with Crippen LogP contribution in [0, 0.1) is 5.92 Å². The van der Waals surface area contributed by atoms with Crippen molar-refractivity contribution in [3.63, 3.8) is 0 Å². The summed E-state index contributed by atoms with van der Waals surface area (Å²) in [6.07, 6.45) is 2.07. The van der Waals surface area contributed by atoms with E-state index in [0.29, 0.717) is 12.3 Å².